The second-order valence-corrected chi connectivity index (χ2v) is 6.76. The Balaban J connectivity index is 2.04. The maximum absolute atomic E-state index is 12.4. The van der Waals surface area contributed by atoms with Gasteiger partial charge in [0.15, 0.2) is 0 Å². The van der Waals surface area contributed by atoms with E-state index in [2.05, 4.69) is 5.32 Å². The summed E-state index contributed by atoms with van der Waals surface area (Å²) in [6, 6.07) is 3.61. The fraction of sp³-hybridized carbons (Fsp3) is 0.529. The first kappa shape index (κ1) is 17.8. The molecule has 2 rings (SSSR count). The van der Waals surface area contributed by atoms with Gasteiger partial charge in [0.25, 0.3) is 0 Å². The van der Waals surface area contributed by atoms with Crippen LogP contribution in [0.15, 0.2) is 12.1 Å². The number of hydrogen-bond donors (Lipinski definition) is 1. The molecular weight excluding hydrogens is 314 g/mol. The Bertz CT molecular complexity index is 593. The van der Waals surface area contributed by atoms with Gasteiger partial charge in [-0.2, -0.15) is 0 Å². The van der Waals surface area contributed by atoms with E-state index in [1.165, 1.54) is 0 Å². The number of carbonyl (C=O) groups is 2. The smallest absolute Gasteiger partial charge is 0.239 e. The van der Waals surface area contributed by atoms with E-state index in [9.17, 15) is 9.59 Å². The third-order valence-corrected chi connectivity index (χ3v) is 4.43. The molecule has 23 heavy (non-hydrogen) atoms. The Hall–Kier alpha value is -1.59. The molecule has 1 aromatic carbocycles. The predicted molar refractivity (Wildman–Crippen MR) is 92.8 cm³/mol. The molecule has 1 aromatic rings. The summed E-state index contributed by atoms with van der Waals surface area (Å²) in [5, 5.41) is 3.42. The molecule has 1 atom stereocenters. The number of anilines is 1. The Morgan fingerprint density at radius 3 is 2.65 bits per heavy atom. The lowest BCUT2D eigenvalue weighted by molar-refractivity contribution is -0.133. The number of likely N-dealkylation sites (N-methyl/N-ethyl adjacent to an activating group) is 1. The maximum Gasteiger partial charge on any atom is 0.239 e. The highest BCUT2D eigenvalue weighted by atomic mass is 35.5. The average molecular weight is 338 g/mol. The van der Waals surface area contributed by atoms with E-state index in [1.54, 1.807) is 19.0 Å². The van der Waals surface area contributed by atoms with E-state index >= 15 is 0 Å². The van der Waals surface area contributed by atoms with Gasteiger partial charge in [-0.1, -0.05) is 17.7 Å². The zero-order chi connectivity index (χ0) is 17.1. The molecular formula is C17H24ClN3O2. The molecule has 1 aliphatic heterocycles. The van der Waals surface area contributed by atoms with Crippen LogP contribution in [0.2, 0.25) is 5.02 Å². The van der Waals surface area contributed by atoms with Crippen molar-refractivity contribution in [2.45, 2.75) is 32.7 Å². The van der Waals surface area contributed by atoms with Crippen molar-refractivity contribution in [2.24, 2.45) is 0 Å². The summed E-state index contributed by atoms with van der Waals surface area (Å²) in [5.41, 5.74) is 2.64. The van der Waals surface area contributed by atoms with Crippen LogP contribution in [-0.4, -0.2) is 54.8 Å². The minimum Gasteiger partial charge on any atom is -0.347 e. The Morgan fingerprint density at radius 2 is 2.04 bits per heavy atom. The normalized spacial score (nSPS) is 18.0. The molecule has 1 heterocycles. The van der Waals surface area contributed by atoms with Crippen LogP contribution in [-0.2, 0) is 9.59 Å². The quantitative estimate of drug-likeness (QED) is 0.918. The number of halogens is 1. The zero-order valence-electron chi connectivity index (χ0n) is 14.1. The molecule has 1 unspecified atom stereocenters. The summed E-state index contributed by atoms with van der Waals surface area (Å²) in [7, 11) is 3.49. The molecule has 0 spiro atoms. The average Bonchev–Trinajstić information content (AvgIpc) is 2.89. The minimum absolute atomic E-state index is 0.0554. The van der Waals surface area contributed by atoms with Gasteiger partial charge in [0.2, 0.25) is 11.8 Å². The summed E-state index contributed by atoms with van der Waals surface area (Å²) in [6.45, 7) is 4.85. The van der Waals surface area contributed by atoms with Crippen molar-refractivity contribution in [1.82, 2.24) is 9.80 Å². The van der Waals surface area contributed by atoms with Gasteiger partial charge in [0.1, 0.15) is 0 Å². The van der Waals surface area contributed by atoms with Gasteiger partial charge in [-0.3, -0.25) is 14.5 Å². The summed E-state index contributed by atoms with van der Waals surface area (Å²) in [6.07, 6.45) is 1.73. The summed E-state index contributed by atoms with van der Waals surface area (Å²) >= 11 is 6.23. The standard InChI is InChI=1S/C17H24ClN3O2/c1-11-8-12(2)16(13(18)9-11)19-15(22)10-21-7-5-6-14(21)17(23)20(3)4/h8-9,14H,5-7,10H2,1-4H3,(H,19,22). The number of carbonyl (C=O) groups excluding carboxylic acids is 2. The highest BCUT2D eigenvalue weighted by Crippen LogP contribution is 2.27. The van der Waals surface area contributed by atoms with E-state index in [0.717, 1.165) is 30.5 Å². The molecule has 1 fully saturated rings. The highest BCUT2D eigenvalue weighted by molar-refractivity contribution is 6.34. The topological polar surface area (TPSA) is 52.7 Å². The minimum atomic E-state index is -0.203. The van der Waals surface area contributed by atoms with Crippen LogP contribution in [0.3, 0.4) is 0 Å². The summed E-state index contributed by atoms with van der Waals surface area (Å²) < 4.78 is 0. The Labute approximate surface area is 142 Å². The van der Waals surface area contributed by atoms with Crippen molar-refractivity contribution in [2.75, 3.05) is 32.5 Å². The van der Waals surface area contributed by atoms with Crippen LogP contribution < -0.4 is 5.32 Å². The number of amides is 2. The highest BCUT2D eigenvalue weighted by Gasteiger charge is 2.32. The molecule has 6 heteroatoms. The molecule has 0 aliphatic carbocycles. The molecule has 0 saturated carbocycles. The maximum atomic E-state index is 12.4. The lowest BCUT2D eigenvalue weighted by Gasteiger charge is -2.25. The van der Waals surface area contributed by atoms with Crippen molar-refractivity contribution in [3.05, 3.63) is 28.3 Å². The van der Waals surface area contributed by atoms with E-state index < -0.39 is 0 Å². The Kier molecular flexibility index (Phi) is 5.65. The van der Waals surface area contributed by atoms with Crippen molar-refractivity contribution in [3.8, 4) is 0 Å². The van der Waals surface area contributed by atoms with Gasteiger partial charge in [0.05, 0.1) is 23.3 Å². The second kappa shape index (κ2) is 7.32. The number of nitrogens with one attached hydrogen (secondary N) is 1. The third-order valence-electron chi connectivity index (χ3n) is 4.13. The van der Waals surface area contributed by atoms with Crippen LogP contribution in [0.5, 0.6) is 0 Å². The van der Waals surface area contributed by atoms with Gasteiger partial charge in [0, 0.05) is 14.1 Å². The molecule has 1 aliphatic rings. The first-order valence-electron chi connectivity index (χ1n) is 7.81. The second-order valence-electron chi connectivity index (χ2n) is 6.35. The lowest BCUT2D eigenvalue weighted by atomic mass is 10.1. The number of benzene rings is 1. The van der Waals surface area contributed by atoms with Crippen LogP contribution in [0.25, 0.3) is 0 Å². The van der Waals surface area contributed by atoms with Crippen molar-refractivity contribution < 1.29 is 9.59 Å². The molecule has 1 N–H and O–H groups in total. The molecule has 0 aromatic heterocycles. The molecule has 5 nitrogen and oxygen atoms in total. The van der Waals surface area contributed by atoms with E-state index in [4.69, 9.17) is 11.6 Å². The van der Waals surface area contributed by atoms with E-state index in [1.807, 2.05) is 30.9 Å². The molecule has 0 radical (unpaired) electrons. The van der Waals surface area contributed by atoms with Gasteiger partial charge in [-0.25, -0.2) is 0 Å². The summed E-state index contributed by atoms with van der Waals surface area (Å²) in [5.74, 6) is -0.0860. The number of rotatable bonds is 4. The SMILES string of the molecule is Cc1cc(C)c(NC(=O)CN2CCCC2C(=O)N(C)C)c(Cl)c1. The molecule has 0 bridgehead atoms. The number of likely N-dealkylation sites (tertiary alicyclic amines) is 1. The first-order valence-corrected chi connectivity index (χ1v) is 8.19. The van der Waals surface area contributed by atoms with Gasteiger partial charge < -0.3 is 10.2 Å². The van der Waals surface area contributed by atoms with Crippen molar-refractivity contribution in [3.63, 3.8) is 0 Å². The molecule has 1 saturated heterocycles. The zero-order valence-corrected chi connectivity index (χ0v) is 14.9. The lowest BCUT2D eigenvalue weighted by Crippen LogP contribution is -2.45. The molecule has 2 amide bonds. The van der Waals surface area contributed by atoms with E-state index in [0.29, 0.717) is 10.7 Å². The van der Waals surface area contributed by atoms with Crippen LogP contribution >= 0.6 is 11.6 Å². The fourth-order valence-electron chi connectivity index (χ4n) is 3.03. The van der Waals surface area contributed by atoms with Gasteiger partial charge >= 0.3 is 0 Å². The van der Waals surface area contributed by atoms with Crippen molar-refractivity contribution in [1.29, 1.82) is 0 Å². The van der Waals surface area contributed by atoms with Crippen molar-refractivity contribution >= 4 is 29.1 Å². The number of aryl methyl sites for hydroxylation is 2. The largest absolute Gasteiger partial charge is 0.347 e. The third kappa shape index (κ3) is 4.24. The molecule has 126 valence electrons. The van der Waals surface area contributed by atoms with Gasteiger partial charge in [-0.05, 0) is 50.4 Å². The van der Waals surface area contributed by atoms with Gasteiger partial charge in [-0.15, -0.1) is 0 Å². The number of nitrogens with zero attached hydrogens (tertiary/aromatic N) is 2. The first-order chi connectivity index (χ1) is 10.8. The Morgan fingerprint density at radius 1 is 1.35 bits per heavy atom. The number of hydrogen-bond acceptors (Lipinski definition) is 3. The van der Waals surface area contributed by atoms with Crippen LogP contribution in [0.1, 0.15) is 24.0 Å². The van der Waals surface area contributed by atoms with Crippen LogP contribution in [0.4, 0.5) is 5.69 Å². The van der Waals surface area contributed by atoms with Crippen LogP contribution in [0, 0.1) is 13.8 Å². The summed E-state index contributed by atoms with van der Waals surface area (Å²) in [4.78, 5) is 28.1. The monoisotopic (exact) mass is 337 g/mol. The fourth-order valence-corrected chi connectivity index (χ4v) is 3.40. The predicted octanol–water partition coefficient (Wildman–Crippen LogP) is 2.45. The van der Waals surface area contributed by atoms with E-state index in [-0.39, 0.29) is 24.4 Å².